The number of hydrogen-bond acceptors (Lipinski definition) is 3. The Hall–Kier alpha value is -3.15. The van der Waals surface area contributed by atoms with E-state index in [1.54, 1.807) is 35.2 Å². The molecule has 2 aliphatic rings. The van der Waals surface area contributed by atoms with Gasteiger partial charge in [-0.2, -0.15) is 0 Å². The summed E-state index contributed by atoms with van der Waals surface area (Å²) in [7, 11) is 0. The summed E-state index contributed by atoms with van der Waals surface area (Å²) >= 11 is 0. The van der Waals surface area contributed by atoms with Crippen LogP contribution < -0.4 is 15.5 Å². The topological polar surface area (TPSA) is 78.5 Å². The molecule has 2 aliphatic heterocycles. The van der Waals surface area contributed by atoms with Crippen LogP contribution in [-0.4, -0.2) is 24.4 Å². The van der Waals surface area contributed by atoms with Gasteiger partial charge in [0.2, 0.25) is 0 Å². The number of anilines is 1. The molecule has 2 aromatic carbocycles. The van der Waals surface area contributed by atoms with E-state index in [0.717, 1.165) is 0 Å². The smallest absolute Gasteiger partial charge is 0.319 e. The van der Waals surface area contributed by atoms with Gasteiger partial charge in [0.1, 0.15) is 5.54 Å². The first-order valence-corrected chi connectivity index (χ1v) is 7.72. The summed E-state index contributed by atoms with van der Waals surface area (Å²) in [5, 5.41) is 5.04. The van der Waals surface area contributed by atoms with E-state index in [9.17, 15) is 14.4 Å². The maximum atomic E-state index is 12.8. The number of carbonyl (C=O) groups is 3. The average Bonchev–Trinajstić information content (AvgIpc) is 2.90. The van der Waals surface area contributed by atoms with Crippen molar-refractivity contribution in [1.82, 2.24) is 10.6 Å². The lowest BCUT2D eigenvalue weighted by molar-refractivity contribution is -0.124. The van der Waals surface area contributed by atoms with Crippen molar-refractivity contribution >= 4 is 23.5 Å². The van der Waals surface area contributed by atoms with Gasteiger partial charge >= 0.3 is 6.03 Å². The number of urea groups is 1. The van der Waals surface area contributed by atoms with Crippen molar-refractivity contribution in [3.8, 4) is 0 Å². The van der Waals surface area contributed by atoms with Gasteiger partial charge < -0.3 is 10.2 Å². The molecule has 1 fully saturated rings. The Morgan fingerprint density at radius 3 is 2.42 bits per heavy atom. The minimum Gasteiger partial charge on any atom is -0.319 e. The zero-order valence-electron chi connectivity index (χ0n) is 12.8. The number of amides is 4. The molecule has 2 N–H and O–H groups in total. The monoisotopic (exact) mass is 321 g/mol. The third kappa shape index (κ3) is 2.00. The fourth-order valence-electron chi connectivity index (χ4n) is 3.41. The molecule has 2 aromatic rings. The lowest BCUT2D eigenvalue weighted by Crippen LogP contribution is -2.52. The van der Waals surface area contributed by atoms with Crippen LogP contribution in [0.25, 0.3) is 0 Å². The van der Waals surface area contributed by atoms with Crippen LogP contribution in [0.3, 0.4) is 0 Å². The van der Waals surface area contributed by atoms with Gasteiger partial charge in [0.05, 0.1) is 5.69 Å². The van der Waals surface area contributed by atoms with E-state index in [2.05, 4.69) is 10.6 Å². The molecule has 6 nitrogen and oxygen atoms in total. The van der Waals surface area contributed by atoms with Gasteiger partial charge in [0, 0.05) is 24.1 Å². The number of carbonyl (C=O) groups excluding carboxylic acids is 3. The molecular formula is C18H15N3O3. The highest BCUT2D eigenvalue weighted by Gasteiger charge is 2.51. The number of nitrogens with one attached hydrogen (secondary N) is 2. The SMILES string of the molecule is O=C1NC(=O)C2(CCN(C(=O)c3ccccc3)c3ccccc32)N1. The van der Waals surface area contributed by atoms with E-state index >= 15 is 0 Å². The highest BCUT2D eigenvalue weighted by molar-refractivity contribution is 6.11. The lowest BCUT2D eigenvalue weighted by atomic mass is 9.82. The molecule has 0 aromatic heterocycles. The Morgan fingerprint density at radius 1 is 1.00 bits per heavy atom. The van der Waals surface area contributed by atoms with Crippen molar-refractivity contribution in [2.45, 2.75) is 12.0 Å². The van der Waals surface area contributed by atoms with Crippen LogP contribution in [0.15, 0.2) is 54.6 Å². The minimum atomic E-state index is -1.10. The molecule has 1 unspecified atom stereocenters. The Balaban J connectivity index is 1.79. The first kappa shape index (κ1) is 14.4. The molecule has 1 spiro atoms. The van der Waals surface area contributed by atoms with E-state index in [0.29, 0.717) is 29.8 Å². The predicted molar refractivity (Wildman–Crippen MR) is 87.5 cm³/mol. The maximum absolute atomic E-state index is 12.8. The van der Waals surface area contributed by atoms with Crippen molar-refractivity contribution in [2.75, 3.05) is 11.4 Å². The molecule has 0 saturated carbocycles. The fraction of sp³-hybridized carbons (Fsp3) is 0.167. The quantitative estimate of drug-likeness (QED) is 0.786. The van der Waals surface area contributed by atoms with E-state index < -0.39 is 11.6 Å². The number of benzene rings is 2. The summed E-state index contributed by atoms with van der Waals surface area (Å²) in [5.41, 5.74) is 0.781. The number of hydrogen-bond donors (Lipinski definition) is 2. The van der Waals surface area contributed by atoms with Gasteiger partial charge in [-0.1, -0.05) is 36.4 Å². The molecule has 4 rings (SSSR count). The van der Waals surface area contributed by atoms with Crippen molar-refractivity contribution in [1.29, 1.82) is 0 Å². The number of nitrogens with zero attached hydrogens (tertiary/aromatic N) is 1. The first-order valence-electron chi connectivity index (χ1n) is 7.72. The van der Waals surface area contributed by atoms with Crippen molar-refractivity contribution in [3.63, 3.8) is 0 Å². The fourth-order valence-corrected chi connectivity index (χ4v) is 3.41. The van der Waals surface area contributed by atoms with E-state index in [4.69, 9.17) is 0 Å². The van der Waals surface area contributed by atoms with Crippen molar-refractivity contribution in [3.05, 3.63) is 65.7 Å². The largest absolute Gasteiger partial charge is 0.322 e. The zero-order chi connectivity index (χ0) is 16.7. The van der Waals surface area contributed by atoms with Gasteiger partial charge in [0.15, 0.2) is 0 Å². The van der Waals surface area contributed by atoms with Crippen LogP contribution >= 0.6 is 0 Å². The lowest BCUT2D eigenvalue weighted by Gasteiger charge is -2.39. The number of fused-ring (bicyclic) bond motifs is 2. The van der Waals surface area contributed by atoms with Crippen molar-refractivity contribution < 1.29 is 14.4 Å². The van der Waals surface area contributed by atoms with Crippen LogP contribution in [0.1, 0.15) is 22.3 Å². The van der Waals surface area contributed by atoms with E-state index in [1.807, 2.05) is 24.3 Å². The summed E-state index contributed by atoms with van der Waals surface area (Å²) in [6.07, 6.45) is 0.333. The van der Waals surface area contributed by atoms with Crippen molar-refractivity contribution in [2.24, 2.45) is 0 Å². The molecule has 2 heterocycles. The van der Waals surface area contributed by atoms with Crippen LogP contribution in [0.4, 0.5) is 10.5 Å². The molecule has 1 atom stereocenters. The van der Waals surface area contributed by atoms with Crippen LogP contribution in [0.5, 0.6) is 0 Å². The molecule has 1 saturated heterocycles. The molecule has 6 heteroatoms. The molecular weight excluding hydrogens is 306 g/mol. The molecule has 0 radical (unpaired) electrons. The Kier molecular flexibility index (Phi) is 3.13. The molecule has 120 valence electrons. The van der Waals surface area contributed by atoms with Crippen LogP contribution in [-0.2, 0) is 10.3 Å². The van der Waals surface area contributed by atoms with Gasteiger partial charge in [-0.3, -0.25) is 14.9 Å². The summed E-state index contributed by atoms with van der Waals surface area (Å²) in [4.78, 5) is 38.5. The predicted octanol–water partition coefficient (Wildman–Crippen LogP) is 1.77. The molecule has 24 heavy (non-hydrogen) atoms. The third-order valence-electron chi connectivity index (χ3n) is 4.57. The molecule has 0 bridgehead atoms. The number of rotatable bonds is 1. The molecule has 4 amide bonds. The highest BCUT2D eigenvalue weighted by Crippen LogP contribution is 2.40. The Labute approximate surface area is 138 Å². The van der Waals surface area contributed by atoms with Gasteiger partial charge in [0.25, 0.3) is 11.8 Å². The van der Waals surface area contributed by atoms with Gasteiger partial charge in [-0.15, -0.1) is 0 Å². The second kappa shape index (κ2) is 5.19. The Bertz CT molecular complexity index is 850. The second-order valence-electron chi connectivity index (χ2n) is 5.90. The minimum absolute atomic E-state index is 0.123. The Morgan fingerprint density at radius 2 is 1.71 bits per heavy atom. The zero-order valence-corrected chi connectivity index (χ0v) is 12.8. The number of para-hydroxylation sites is 1. The summed E-state index contributed by atoms with van der Waals surface area (Å²) in [6, 6.07) is 15.7. The summed E-state index contributed by atoms with van der Waals surface area (Å²) in [6.45, 7) is 0.346. The maximum Gasteiger partial charge on any atom is 0.322 e. The summed E-state index contributed by atoms with van der Waals surface area (Å²) < 4.78 is 0. The second-order valence-corrected chi connectivity index (χ2v) is 5.90. The van der Waals surface area contributed by atoms with E-state index in [-0.39, 0.29) is 11.8 Å². The molecule has 0 aliphatic carbocycles. The van der Waals surface area contributed by atoms with Crippen LogP contribution in [0.2, 0.25) is 0 Å². The first-order chi connectivity index (χ1) is 11.6. The average molecular weight is 321 g/mol. The van der Waals surface area contributed by atoms with Gasteiger partial charge in [-0.05, 0) is 18.2 Å². The highest BCUT2D eigenvalue weighted by atomic mass is 16.2. The van der Waals surface area contributed by atoms with E-state index in [1.165, 1.54) is 0 Å². The van der Waals surface area contributed by atoms with Crippen LogP contribution in [0, 0.1) is 0 Å². The number of imide groups is 1. The third-order valence-corrected chi connectivity index (χ3v) is 4.57. The van der Waals surface area contributed by atoms with Gasteiger partial charge in [-0.25, -0.2) is 4.79 Å². The normalized spacial score (nSPS) is 22.1. The summed E-state index contributed by atoms with van der Waals surface area (Å²) in [5.74, 6) is -0.491. The standard InChI is InChI=1S/C18H15N3O3/c22-15(12-6-2-1-3-7-12)21-11-10-18(16(23)19-17(24)20-18)13-8-4-5-9-14(13)21/h1-9H,10-11H2,(H2,19,20,23,24).